The van der Waals surface area contributed by atoms with Crippen molar-refractivity contribution in [3.63, 3.8) is 0 Å². The Morgan fingerprint density at radius 3 is 1.74 bits per heavy atom. The molecule has 0 aliphatic rings. The highest BCUT2D eigenvalue weighted by molar-refractivity contribution is 6.47. The van der Waals surface area contributed by atoms with E-state index in [0.29, 0.717) is 5.46 Å². The van der Waals surface area contributed by atoms with E-state index in [0.717, 1.165) is 0 Å². The van der Waals surface area contributed by atoms with E-state index in [2.05, 4.69) is 9.47 Å². The fourth-order valence-corrected chi connectivity index (χ4v) is 1.55. The number of hydrogen-bond acceptors (Lipinski definition) is 6. The predicted octanol–water partition coefficient (Wildman–Crippen LogP) is 1.07. The van der Waals surface area contributed by atoms with Crippen LogP contribution >= 0.6 is 0 Å². The van der Waals surface area contributed by atoms with Crippen LogP contribution in [0, 0.1) is 0 Å². The van der Waals surface area contributed by atoms with Gasteiger partial charge in [-0.2, -0.15) is 0 Å². The highest BCUT2D eigenvalue weighted by atomic mass is 16.5. The first-order valence-electron chi connectivity index (χ1n) is 7.07. The van der Waals surface area contributed by atoms with Gasteiger partial charge in [0.1, 0.15) is 0 Å². The fourth-order valence-electron chi connectivity index (χ4n) is 1.55. The van der Waals surface area contributed by atoms with Crippen LogP contribution < -0.4 is 5.46 Å². The van der Waals surface area contributed by atoms with Gasteiger partial charge in [-0.15, -0.1) is 0 Å². The Balaban J connectivity index is 3.11. The molecule has 0 aliphatic heterocycles. The molecule has 0 amide bonds. The van der Waals surface area contributed by atoms with Crippen LogP contribution in [0.25, 0.3) is 0 Å². The molecule has 0 aliphatic carbocycles. The number of rotatable bonds is 6. The zero-order chi connectivity index (χ0) is 17.8. The molecule has 1 rings (SSSR count). The van der Waals surface area contributed by atoms with Crippen LogP contribution in [0.2, 0.25) is 0 Å². The van der Waals surface area contributed by atoms with E-state index in [1.165, 1.54) is 39.9 Å². The molecule has 1 aromatic carbocycles. The van der Waals surface area contributed by atoms with Crippen molar-refractivity contribution in [2.24, 2.45) is 0 Å². The van der Waals surface area contributed by atoms with Crippen molar-refractivity contribution >= 4 is 24.9 Å². The zero-order valence-corrected chi connectivity index (χ0v) is 14.3. The van der Waals surface area contributed by atoms with Gasteiger partial charge in [-0.1, -0.05) is 17.6 Å². The fraction of sp³-hybridized carbons (Fsp3) is 0.500. The lowest BCUT2D eigenvalue weighted by molar-refractivity contribution is -0.0893. The summed E-state index contributed by atoms with van der Waals surface area (Å²) in [6.07, 6.45) is 0. The molecule has 125 valence electrons. The van der Waals surface area contributed by atoms with Crippen molar-refractivity contribution in [3.8, 4) is 0 Å². The minimum atomic E-state index is -1.09. The van der Waals surface area contributed by atoms with Gasteiger partial charge in [0, 0.05) is 0 Å². The second-order valence-electron chi connectivity index (χ2n) is 6.13. The molecule has 7 heteroatoms. The van der Waals surface area contributed by atoms with E-state index >= 15 is 0 Å². The monoisotopic (exact) mass is 321 g/mol. The van der Waals surface area contributed by atoms with Gasteiger partial charge in [-0.3, -0.25) is 0 Å². The van der Waals surface area contributed by atoms with Crippen molar-refractivity contribution in [2.45, 2.75) is 38.9 Å². The summed E-state index contributed by atoms with van der Waals surface area (Å²) in [6.45, 7) is 6.72. The molecule has 0 spiro atoms. The van der Waals surface area contributed by atoms with E-state index in [-0.39, 0.29) is 11.1 Å². The van der Waals surface area contributed by atoms with Crippen molar-refractivity contribution in [1.29, 1.82) is 0 Å². The Labute approximate surface area is 137 Å². The van der Waals surface area contributed by atoms with Gasteiger partial charge >= 0.3 is 19.4 Å². The Hall–Kier alpha value is -1.86. The Bertz CT molecular complexity index is 554. The van der Waals surface area contributed by atoms with Gasteiger partial charge < -0.3 is 19.2 Å². The topological polar surface area (TPSA) is 82.1 Å². The number of ether oxygens (including phenoxy) is 2. The third kappa shape index (κ3) is 4.81. The van der Waals surface area contributed by atoms with Gasteiger partial charge in [-0.25, -0.2) is 9.59 Å². The molecular formula is C16H22BO6. The summed E-state index contributed by atoms with van der Waals surface area (Å²) in [5.74, 6) is -1.15. The molecule has 0 bridgehead atoms. The summed E-state index contributed by atoms with van der Waals surface area (Å²) in [5.41, 5.74) is -1.09. The Morgan fingerprint density at radius 2 is 1.39 bits per heavy atom. The molecule has 0 unspecified atom stereocenters. The van der Waals surface area contributed by atoms with Crippen molar-refractivity contribution in [2.75, 3.05) is 14.2 Å². The summed E-state index contributed by atoms with van der Waals surface area (Å²) in [5, 5.41) is 10.1. The minimum Gasteiger partial charge on any atom is -0.465 e. The van der Waals surface area contributed by atoms with E-state index in [1.54, 1.807) is 27.7 Å². The van der Waals surface area contributed by atoms with E-state index in [9.17, 15) is 14.7 Å². The van der Waals surface area contributed by atoms with Crippen LogP contribution in [-0.2, 0) is 14.1 Å². The zero-order valence-electron chi connectivity index (χ0n) is 14.3. The third-order valence-corrected chi connectivity index (χ3v) is 3.76. The quantitative estimate of drug-likeness (QED) is 0.623. The molecule has 0 saturated heterocycles. The molecule has 23 heavy (non-hydrogen) atoms. The molecule has 1 radical (unpaired) electrons. The normalized spacial score (nSPS) is 11.8. The average Bonchev–Trinajstić information content (AvgIpc) is 2.49. The van der Waals surface area contributed by atoms with Gasteiger partial charge in [0.15, 0.2) is 0 Å². The van der Waals surface area contributed by atoms with Crippen molar-refractivity contribution in [1.82, 2.24) is 0 Å². The van der Waals surface area contributed by atoms with Crippen LogP contribution in [0.5, 0.6) is 0 Å². The summed E-state index contributed by atoms with van der Waals surface area (Å²) >= 11 is 0. The Kier molecular flexibility index (Phi) is 5.96. The van der Waals surface area contributed by atoms with Crippen LogP contribution in [0.1, 0.15) is 48.4 Å². The smallest absolute Gasteiger partial charge is 0.337 e. The summed E-state index contributed by atoms with van der Waals surface area (Å²) in [6, 6.07) is 4.44. The van der Waals surface area contributed by atoms with Gasteiger partial charge in [-0.05, 0) is 33.8 Å². The minimum absolute atomic E-state index is 0.200. The largest absolute Gasteiger partial charge is 0.465 e. The van der Waals surface area contributed by atoms with Crippen molar-refractivity contribution in [3.05, 3.63) is 29.3 Å². The number of hydrogen-bond donors (Lipinski definition) is 1. The number of methoxy groups -OCH3 is 2. The van der Waals surface area contributed by atoms with Gasteiger partial charge in [0.25, 0.3) is 0 Å². The molecular weight excluding hydrogens is 299 g/mol. The van der Waals surface area contributed by atoms with Crippen LogP contribution in [0.3, 0.4) is 0 Å². The highest BCUT2D eigenvalue weighted by Crippen LogP contribution is 2.24. The average molecular weight is 321 g/mol. The molecule has 6 nitrogen and oxygen atoms in total. The lowest BCUT2D eigenvalue weighted by Crippen LogP contribution is -2.49. The lowest BCUT2D eigenvalue weighted by Gasteiger charge is -2.37. The molecule has 0 fully saturated rings. The second kappa shape index (κ2) is 7.15. The summed E-state index contributed by atoms with van der Waals surface area (Å²) in [4.78, 5) is 23.4. The number of aliphatic hydroxyl groups is 1. The second-order valence-corrected chi connectivity index (χ2v) is 6.13. The molecule has 1 N–H and O–H groups in total. The Morgan fingerprint density at radius 1 is 0.957 bits per heavy atom. The van der Waals surface area contributed by atoms with Crippen LogP contribution in [-0.4, -0.2) is 49.9 Å². The first kappa shape index (κ1) is 19.2. The van der Waals surface area contributed by atoms with Crippen LogP contribution in [0.15, 0.2) is 18.2 Å². The maximum absolute atomic E-state index is 11.7. The third-order valence-electron chi connectivity index (χ3n) is 3.76. The van der Waals surface area contributed by atoms with E-state index in [1.807, 2.05) is 0 Å². The van der Waals surface area contributed by atoms with E-state index < -0.39 is 23.1 Å². The van der Waals surface area contributed by atoms with Gasteiger partial charge in [0.2, 0.25) is 0 Å². The number of benzene rings is 1. The molecule has 0 atom stereocenters. The highest BCUT2D eigenvalue weighted by Gasteiger charge is 2.35. The van der Waals surface area contributed by atoms with Crippen molar-refractivity contribution < 1.29 is 28.8 Å². The molecule has 0 saturated carbocycles. The number of esters is 2. The van der Waals surface area contributed by atoms with Gasteiger partial charge in [0.05, 0.1) is 36.5 Å². The van der Waals surface area contributed by atoms with E-state index in [4.69, 9.17) is 4.65 Å². The maximum Gasteiger partial charge on any atom is 0.337 e. The predicted molar refractivity (Wildman–Crippen MR) is 86.0 cm³/mol. The SMILES string of the molecule is COC(=O)c1cc([B]OC(C)(C)C(C)(C)O)cc(C(=O)OC)c1. The number of carbonyl (C=O) groups excluding carboxylic acids is 2. The number of carbonyl (C=O) groups is 2. The lowest BCUT2D eigenvalue weighted by atomic mass is 9.81. The standard InChI is InChI=1S/C16H22BO6/c1-15(2,20)16(3,4)23-17-12-8-10(13(18)21-5)7-11(9-12)14(19)22-6/h7-9,20H,1-6H3. The first-order chi connectivity index (χ1) is 10.5. The molecule has 0 heterocycles. The molecule has 1 aromatic rings. The summed E-state index contributed by atoms with van der Waals surface area (Å²) < 4.78 is 15.0. The summed E-state index contributed by atoms with van der Waals surface area (Å²) in [7, 11) is 3.89. The maximum atomic E-state index is 11.7. The van der Waals surface area contributed by atoms with Crippen LogP contribution in [0.4, 0.5) is 0 Å². The molecule has 0 aromatic heterocycles. The first-order valence-corrected chi connectivity index (χ1v) is 7.07.